The third-order valence-corrected chi connectivity index (χ3v) is 2.15. The van der Waals surface area contributed by atoms with Crippen LogP contribution in [-0.4, -0.2) is 36.7 Å². The summed E-state index contributed by atoms with van der Waals surface area (Å²) in [4.78, 5) is 10.5. The van der Waals surface area contributed by atoms with Gasteiger partial charge in [0.1, 0.15) is 0 Å². The summed E-state index contributed by atoms with van der Waals surface area (Å²) in [6, 6.07) is 0. The number of hydrogen-bond acceptors (Lipinski definition) is 6. The van der Waals surface area contributed by atoms with Gasteiger partial charge in [0.15, 0.2) is 5.69 Å². The minimum atomic E-state index is -0.839. The van der Waals surface area contributed by atoms with Gasteiger partial charge in [0.25, 0.3) is 5.89 Å². The molecule has 2 N–H and O–H groups in total. The number of nitrogens with one attached hydrogen (secondary N) is 1. The van der Waals surface area contributed by atoms with Gasteiger partial charge in [0.2, 0.25) is 5.89 Å². The molecule has 0 fully saturated rings. The minimum Gasteiger partial charge on any atom is -0.481 e. The number of aliphatic carboxylic acids is 1. The van der Waals surface area contributed by atoms with Crippen LogP contribution >= 0.6 is 0 Å². The highest BCUT2D eigenvalue weighted by molar-refractivity contribution is 5.66. The highest BCUT2D eigenvalue weighted by Gasteiger charge is 2.15. The van der Waals surface area contributed by atoms with Crippen molar-refractivity contribution in [3.63, 3.8) is 0 Å². The van der Waals surface area contributed by atoms with Crippen molar-refractivity contribution < 1.29 is 14.3 Å². The van der Waals surface area contributed by atoms with Gasteiger partial charge in [0, 0.05) is 12.8 Å². The monoisotopic (exact) mass is 237 g/mol. The van der Waals surface area contributed by atoms with Gasteiger partial charge in [-0.05, 0) is 5.92 Å². The Morgan fingerprint density at radius 3 is 3.06 bits per heavy atom. The Morgan fingerprint density at radius 1 is 1.59 bits per heavy atom. The van der Waals surface area contributed by atoms with Gasteiger partial charge in [-0.3, -0.25) is 4.79 Å². The van der Waals surface area contributed by atoms with Gasteiger partial charge in [-0.25, -0.2) is 0 Å². The molecule has 1 unspecified atom stereocenters. The van der Waals surface area contributed by atoms with E-state index in [9.17, 15) is 4.79 Å². The van der Waals surface area contributed by atoms with E-state index in [-0.39, 0.29) is 18.2 Å². The maximum atomic E-state index is 10.5. The maximum Gasteiger partial charge on any atom is 0.303 e. The van der Waals surface area contributed by atoms with Crippen molar-refractivity contribution in [2.75, 3.05) is 0 Å². The van der Waals surface area contributed by atoms with Crippen LogP contribution in [0.15, 0.2) is 10.6 Å². The zero-order valence-corrected chi connectivity index (χ0v) is 9.12. The Hall–Kier alpha value is -2.25. The fourth-order valence-electron chi connectivity index (χ4n) is 1.41. The molecule has 0 bridgehead atoms. The SMILES string of the molecule is CC(CC(=O)O)Cc1nnc(-c2cn[nH]n2)o1. The molecule has 2 heterocycles. The summed E-state index contributed by atoms with van der Waals surface area (Å²) >= 11 is 0. The van der Waals surface area contributed by atoms with Crippen LogP contribution in [0.3, 0.4) is 0 Å². The number of carbonyl (C=O) groups is 1. The summed E-state index contributed by atoms with van der Waals surface area (Å²) < 4.78 is 5.34. The maximum absolute atomic E-state index is 10.5. The van der Waals surface area contributed by atoms with E-state index < -0.39 is 5.97 Å². The number of aromatic nitrogens is 5. The van der Waals surface area contributed by atoms with Gasteiger partial charge in [-0.15, -0.1) is 10.2 Å². The van der Waals surface area contributed by atoms with E-state index in [1.807, 2.05) is 6.92 Å². The van der Waals surface area contributed by atoms with Gasteiger partial charge in [-0.2, -0.15) is 15.4 Å². The third-order valence-electron chi connectivity index (χ3n) is 2.15. The van der Waals surface area contributed by atoms with Gasteiger partial charge in [-0.1, -0.05) is 6.92 Å². The Balaban J connectivity index is 2.01. The molecule has 2 aromatic rings. The molecule has 2 aromatic heterocycles. The first kappa shape index (κ1) is 11.2. The molecule has 0 amide bonds. The quantitative estimate of drug-likeness (QED) is 0.777. The molecular formula is C9H11N5O3. The molecule has 0 saturated heterocycles. The number of H-pyrrole nitrogens is 1. The Kier molecular flexibility index (Phi) is 3.12. The lowest BCUT2D eigenvalue weighted by atomic mass is 10.0. The summed E-state index contributed by atoms with van der Waals surface area (Å²) in [5, 5.41) is 26.1. The molecule has 17 heavy (non-hydrogen) atoms. The number of carboxylic acid groups (broad SMARTS) is 1. The summed E-state index contributed by atoms with van der Waals surface area (Å²) in [7, 11) is 0. The highest BCUT2D eigenvalue weighted by Crippen LogP contribution is 2.16. The number of aromatic amines is 1. The second-order valence-electron chi connectivity index (χ2n) is 3.76. The first-order valence-corrected chi connectivity index (χ1v) is 5.05. The van der Waals surface area contributed by atoms with Crippen molar-refractivity contribution in [2.24, 2.45) is 5.92 Å². The largest absolute Gasteiger partial charge is 0.481 e. The number of carboxylic acids is 1. The van der Waals surface area contributed by atoms with E-state index >= 15 is 0 Å². The second kappa shape index (κ2) is 4.73. The van der Waals surface area contributed by atoms with Crippen molar-refractivity contribution in [2.45, 2.75) is 19.8 Å². The summed E-state index contributed by atoms with van der Waals surface area (Å²) in [6.45, 7) is 1.81. The van der Waals surface area contributed by atoms with Crippen LogP contribution in [0.5, 0.6) is 0 Å². The number of hydrogen-bond donors (Lipinski definition) is 2. The Bertz CT molecular complexity index is 492. The fourth-order valence-corrected chi connectivity index (χ4v) is 1.41. The van der Waals surface area contributed by atoms with Crippen LogP contribution in [0.25, 0.3) is 11.6 Å². The standard InChI is InChI=1S/C9H11N5O3/c1-5(3-8(15)16)2-7-12-13-9(17-7)6-4-10-14-11-6/h4-5H,2-3H2,1H3,(H,15,16)(H,10,11,14). The van der Waals surface area contributed by atoms with Crippen LogP contribution in [0, 0.1) is 5.92 Å². The zero-order chi connectivity index (χ0) is 12.3. The molecule has 0 spiro atoms. The van der Waals surface area contributed by atoms with Crippen LogP contribution in [-0.2, 0) is 11.2 Å². The van der Waals surface area contributed by atoms with Crippen LogP contribution in [0.2, 0.25) is 0 Å². The minimum absolute atomic E-state index is 0.0573. The predicted octanol–water partition coefficient (Wildman–Crippen LogP) is 0.508. The zero-order valence-electron chi connectivity index (χ0n) is 9.12. The lowest BCUT2D eigenvalue weighted by molar-refractivity contribution is -0.137. The van der Waals surface area contributed by atoms with E-state index in [0.717, 1.165) is 0 Å². The van der Waals surface area contributed by atoms with Crippen molar-refractivity contribution >= 4 is 5.97 Å². The topological polar surface area (TPSA) is 118 Å². The molecule has 0 saturated carbocycles. The Labute approximate surface area is 96.1 Å². The lowest BCUT2D eigenvalue weighted by Gasteiger charge is -2.03. The fraction of sp³-hybridized carbons (Fsp3) is 0.444. The van der Waals surface area contributed by atoms with Gasteiger partial charge >= 0.3 is 5.97 Å². The van der Waals surface area contributed by atoms with Crippen molar-refractivity contribution in [1.82, 2.24) is 25.6 Å². The predicted molar refractivity (Wildman–Crippen MR) is 54.8 cm³/mol. The summed E-state index contributed by atoms with van der Waals surface area (Å²) in [6.07, 6.45) is 1.97. The van der Waals surface area contributed by atoms with E-state index in [1.165, 1.54) is 6.20 Å². The van der Waals surface area contributed by atoms with Crippen molar-refractivity contribution in [3.8, 4) is 11.6 Å². The Morgan fingerprint density at radius 2 is 2.41 bits per heavy atom. The molecular weight excluding hydrogens is 226 g/mol. The van der Waals surface area contributed by atoms with E-state index in [0.29, 0.717) is 18.0 Å². The van der Waals surface area contributed by atoms with Crippen LogP contribution in [0.1, 0.15) is 19.2 Å². The molecule has 1 atom stereocenters. The van der Waals surface area contributed by atoms with Crippen molar-refractivity contribution in [1.29, 1.82) is 0 Å². The average Bonchev–Trinajstić information content (AvgIpc) is 2.84. The average molecular weight is 237 g/mol. The molecule has 0 aliphatic rings. The lowest BCUT2D eigenvalue weighted by Crippen LogP contribution is -2.07. The summed E-state index contributed by atoms with van der Waals surface area (Å²) in [5.74, 6) is -0.222. The second-order valence-corrected chi connectivity index (χ2v) is 3.76. The first-order chi connectivity index (χ1) is 8.15. The molecule has 90 valence electrons. The van der Waals surface area contributed by atoms with Crippen LogP contribution in [0.4, 0.5) is 0 Å². The molecule has 8 nitrogen and oxygen atoms in total. The van der Waals surface area contributed by atoms with E-state index in [2.05, 4.69) is 25.6 Å². The van der Waals surface area contributed by atoms with E-state index in [1.54, 1.807) is 0 Å². The molecule has 0 radical (unpaired) electrons. The van der Waals surface area contributed by atoms with Crippen LogP contribution < -0.4 is 0 Å². The van der Waals surface area contributed by atoms with Gasteiger partial charge in [0.05, 0.1) is 6.20 Å². The van der Waals surface area contributed by atoms with Crippen molar-refractivity contribution in [3.05, 3.63) is 12.1 Å². The molecule has 0 aliphatic heterocycles. The number of nitrogens with zero attached hydrogens (tertiary/aromatic N) is 4. The molecule has 2 rings (SSSR count). The molecule has 0 aliphatic carbocycles. The number of rotatable bonds is 5. The molecule has 0 aromatic carbocycles. The van der Waals surface area contributed by atoms with Gasteiger partial charge < -0.3 is 9.52 Å². The summed E-state index contributed by atoms with van der Waals surface area (Å²) in [5.41, 5.74) is 0.467. The first-order valence-electron chi connectivity index (χ1n) is 5.05. The normalized spacial score (nSPS) is 12.5. The smallest absolute Gasteiger partial charge is 0.303 e. The highest BCUT2D eigenvalue weighted by atomic mass is 16.4. The van der Waals surface area contributed by atoms with E-state index in [4.69, 9.17) is 9.52 Å². The molecule has 8 heteroatoms. The third kappa shape index (κ3) is 2.86.